The highest BCUT2D eigenvalue weighted by Crippen LogP contribution is 2.39. The molecule has 1 aromatic heterocycles. The first kappa shape index (κ1) is 31.7. The van der Waals surface area contributed by atoms with Crippen molar-refractivity contribution >= 4 is 23.1 Å². The molecular formula is C30H47FN4O5. The van der Waals surface area contributed by atoms with Crippen LogP contribution in [0.15, 0.2) is 18.2 Å². The molecule has 0 aliphatic heterocycles. The number of aromatic nitrogens is 1. The molecule has 9 nitrogen and oxygen atoms in total. The molecule has 0 saturated heterocycles. The van der Waals surface area contributed by atoms with Crippen molar-refractivity contribution in [1.82, 2.24) is 20.9 Å². The molecule has 2 atom stereocenters. The first-order chi connectivity index (χ1) is 18.7. The van der Waals surface area contributed by atoms with Crippen LogP contribution in [0.4, 0.5) is 14.0 Å². The number of amides is 2. The van der Waals surface area contributed by atoms with E-state index in [4.69, 9.17) is 9.47 Å². The van der Waals surface area contributed by atoms with Crippen molar-refractivity contribution in [3.8, 4) is 0 Å². The standard InChI is InChI=1S/C30H47FN4O5/c1-29(2,3)39-27(37)33-15-14-25(36)23(35-28(38)40-30(4,5)6)17-32-18-24-26(19-10-8-7-9-11-19)21-16-20(31)12-13-22(21)34-24/h12-13,16,19,23,25,32,34,36H,7-11,14-15,17-18H2,1-6H3,(H,33,37)(H,35,38)/t23-,25?/m0/s1. The lowest BCUT2D eigenvalue weighted by atomic mass is 9.82. The highest BCUT2D eigenvalue weighted by molar-refractivity contribution is 5.85. The van der Waals surface area contributed by atoms with Crippen LogP contribution in [0.5, 0.6) is 0 Å². The predicted molar refractivity (Wildman–Crippen MR) is 154 cm³/mol. The molecule has 1 fully saturated rings. The number of carbonyl (C=O) groups is 2. The van der Waals surface area contributed by atoms with Gasteiger partial charge >= 0.3 is 12.2 Å². The van der Waals surface area contributed by atoms with Crippen LogP contribution in [0.1, 0.15) is 97.2 Å². The Morgan fingerprint density at radius 1 is 1.05 bits per heavy atom. The van der Waals surface area contributed by atoms with Crippen molar-refractivity contribution in [1.29, 1.82) is 0 Å². The van der Waals surface area contributed by atoms with Gasteiger partial charge in [-0.05, 0) is 90.5 Å². The van der Waals surface area contributed by atoms with E-state index in [-0.39, 0.29) is 25.3 Å². The third-order valence-electron chi connectivity index (χ3n) is 6.84. The fourth-order valence-corrected chi connectivity index (χ4v) is 5.17. The average molecular weight is 563 g/mol. The molecule has 2 amide bonds. The second-order valence-corrected chi connectivity index (χ2v) is 12.7. The monoisotopic (exact) mass is 562 g/mol. The summed E-state index contributed by atoms with van der Waals surface area (Å²) < 4.78 is 24.8. The van der Waals surface area contributed by atoms with Gasteiger partial charge in [-0.1, -0.05) is 19.3 Å². The van der Waals surface area contributed by atoms with E-state index in [1.54, 1.807) is 53.7 Å². The summed E-state index contributed by atoms with van der Waals surface area (Å²) in [6.45, 7) is 11.5. The lowest BCUT2D eigenvalue weighted by Crippen LogP contribution is -2.51. The van der Waals surface area contributed by atoms with E-state index in [2.05, 4.69) is 20.9 Å². The van der Waals surface area contributed by atoms with Gasteiger partial charge in [-0.2, -0.15) is 0 Å². The van der Waals surface area contributed by atoms with Crippen LogP contribution in [0, 0.1) is 5.82 Å². The lowest BCUT2D eigenvalue weighted by molar-refractivity contribution is 0.0395. The molecule has 3 rings (SSSR count). The molecule has 1 heterocycles. The summed E-state index contributed by atoms with van der Waals surface area (Å²) in [5, 5.41) is 20.6. The Labute approximate surface area is 237 Å². The second kappa shape index (κ2) is 13.7. The minimum atomic E-state index is -0.968. The number of alkyl carbamates (subject to hydrolysis) is 2. The van der Waals surface area contributed by atoms with Gasteiger partial charge in [-0.25, -0.2) is 14.0 Å². The maximum atomic E-state index is 14.2. The van der Waals surface area contributed by atoms with Gasteiger partial charge in [-0.15, -0.1) is 0 Å². The maximum Gasteiger partial charge on any atom is 0.408 e. The minimum absolute atomic E-state index is 0.169. The number of nitrogens with one attached hydrogen (secondary N) is 4. The summed E-state index contributed by atoms with van der Waals surface area (Å²) in [6.07, 6.45) is 3.70. The Morgan fingerprint density at radius 2 is 1.70 bits per heavy atom. The zero-order valence-electron chi connectivity index (χ0n) is 24.8. The average Bonchev–Trinajstić information content (AvgIpc) is 3.18. The number of carbonyl (C=O) groups excluding carboxylic acids is 2. The number of aliphatic hydroxyl groups excluding tert-OH is 1. The summed E-state index contributed by atoms with van der Waals surface area (Å²) in [5.74, 6) is 0.106. The van der Waals surface area contributed by atoms with E-state index < -0.39 is 35.5 Å². The number of fused-ring (bicyclic) bond motifs is 1. The zero-order valence-corrected chi connectivity index (χ0v) is 24.8. The van der Waals surface area contributed by atoms with E-state index in [9.17, 15) is 19.1 Å². The Kier molecular flexibility index (Phi) is 10.8. The molecule has 2 aromatic rings. The fourth-order valence-electron chi connectivity index (χ4n) is 5.17. The van der Waals surface area contributed by atoms with E-state index in [1.165, 1.54) is 12.5 Å². The number of aromatic amines is 1. The molecule has 40 heavy (non-hydrogen) atoms. The molecule has 1 aliphatic rings. The molecule has 0 bridgehead atoms. The molecule has 0 spiro atoms. The SMILES string of the molecule is CC(C)(C)OC(=O)NCCC(O)[C@H](CNCc1[nH]c2ccc(F)cc2c1C1CCCCC1)NC(=O)OC(C)(C)C. The quantitative estimate of drug-likeness (QED) is 0.256. The fraction of sp³-hybridized carbons (Fsp3) is 0.667. The summed E-state index contributed by atoms with van der Waals surface area (Å²) in [6, 6.07) is 4.15. The van der Waals surface area contributed by atoms with E-state index >= 15 is 0 Å². The maximum absolute atomic E-state index is 14.2. The van der Waals surface area contributed by atoms with Crippen LogP contribution in [0.25, 0.3) is 10.9 Å². The third-order valence-corrected chi connectivity index (χ3v) is 6.84. The normalized spacial score (nSPS) is 16.4. The molecule has 10 heteroatoms. The first-order valence-electron chi connectivity index (χ1n) is 14.4. The van der Waals surface area contributed by atoms with Crippen molar-refractivity contribution in [2.45, 2.75) is 116 Å². The number of hydrogen-bond donors (Lipinski definition) is 5. The molecule has 1 aromatic carbocycles. The highest BCUT2D eigenvalue weighted by Gasteiger charge is 2.27. The van der Waals surface area contributed by atoms with Gasteiger partial charge in [0, 0.05) is 36.2 Å². The number of hydrogen-bond acceptors (Lipinski definition) is 6. The van der Waals surface area contributed by atoms with Gasteiger partial charge in [0.15, 0.2) is 0 Å². The highest BCUT2D eigenvalue weighted by atomic mass is 19.1. The smallest absolute Gasteiger partial charge is 0.408 e. The van der Waals surface area contributed by atoms with Gasteiger partial charge in [0.05, 0.1) is 12.1 Å². The summed E-state index contributed by atoms with van der Waals surface area (Å²) in [5.41, 5.74) is 1.72. The Hall–Kier alpha value is -2.85. The summed E-state index contributed by atoms with van der Waals surface area (Å²) >= 11 is 0. The van der Waals surface area contributed by atoms with Crippen LogP contribution < -0.4 is 16.0 Å². The number of aliphatic hydroxyl groups is 1. The number of halogens is 1. The predicted octanol–water partition coefficient (Wildman–Crippen LogP) is 5.61. The van der Waals surface area contributed by atoms with Crippen LogP contribution in [0.2, 0.25) is 0 Å². The summed E-state index contributed by atoms with van der Waals surface area (Å²) in [7, 11) is 0. The largest absolute Gasteiger partial charge is 0.444 e. The number of rotatable bonds is 10. The molecule has 5 N–H and O–H groups in total. The first-order valence-corrected chi connectivity index (χ1v) is 14.4. The van der Waals surface area contributed by atoms with Crippen molar-refractivity contribution in [3.05, 3.63) is 35.3 Å². The minimum Gasteiger partial charge on any atom is -0.444 e. The molecule has 1 saturated carbocycles. The molecule has 0 radical (unpaired) electrons. The van der Waals surface area contributed by atoms with Crippen molar-refractivity contribution in [2.75, 3.05) is 13.1 Å². The Morgan fingerprint density at radius 3 is 2.35 bits per heavy atom. The van der Waals surface area contributed by atoms with Gasteiger partial charge in [0.2, 0.25) is 0 Å². The Bertz CT molecular complexity index is 1130. The van der Waals surface area contributed by atoms with Crippen molar-refractivity contribution in [3.63, 3.8) is 0 Å². The van der Waals surface area contributed by atoms with Gasteiger partial charge in [0.1, 0.15) is 17.0 Å². The lowest BCUT2D eigenvalue weighted by Gasteiger charge is -2.27. The summed E-state index contributed by atoms with van der Waals surface area (Å²) in [4.78, 5) is 28.0. The number of benzene rings is 1. The van der Waals surface area contributed by atoms with Gasteiger partial charge in [-0.3, -0.25) is 0 Å². The van der Waals surface area contributed by atoms with E-state index in [0.717, 1.165) is 47.8 Å². The van der Waals surface area contributed by atoms with Crippen LogP contribution in [0.3, 0.4) is 0 Å². The van der Waals surface area contributed by atoms with Gasteiger partial charge < -0.3 is 35.5 Å². The van der Waals surface area contributed by atoms with Crippen molar-refractivity contribution in [2.24, 2.45) is 0 Å². The van der Waals surface area contributed by atoms with Crippen LogP contribution >= 0.6 is 0 Å². The molecule has 1 aliphatic carbocycles. The topological polar surface area (TPSA) is 125 Å². The van der Waals surface area contributed by atoms with Gasteiger partial charge in [0.25, 0.3) is 0 Å². The zero-order chi connectivity index (χ0) is 29.5. The van der Waals surface area contributed by atoms with Crippen LogP contribution in [-0.4, -0.2) is 58.7 Å². The van der Waals surface area contributed by atoms with E-state index in [0.29, 0.717) is 12.5 Å². The van der Waals surface area contributed by atoms with Crippen LogP contribution in [-0.2, 0) is 16.0 Å². The molecule has 1 unspecified atom stereocenters. The molecule has 224 valence electrons. The van der Waals surface area contributed by atoms with Crippen molar-refractivity contribution < 1.29 is 28.6 Å². The third kappa shape index (κ3) is 9.96. The molecular weight excluding hydrogens is 515 g/mol. The number of ether oxygens (including phenoxy) is 2. The number of H-pyrrole nitrogens is 1. The second-order valence-electron chi connectivity index (χ2n) is 12.7. The Balaban J connectivity index is 1.68. The van der Waals surface area contributed by atoms with E-state index in [1.807, 2.05) is 0 Å².